The normalized spacial score (nSPS) is 12.7. The molecule has 0 aliphatic heterocycles. The number of carbonyl (C=O) groups is 1. The van der Waals surface area contributed by atoms with E-state index < -0.39 is 5.63 Å². The number of carbonyl (C=O) groups excluding carboxylic acids is 1. The summed E-state index contributed by atoms with van der Waals surface area (Å²) < 4.78 is 5.45. The molecule has 1 amide bonds. The predicted octanol–water partition coefficient (Wildman–Crippen LogP) is 4.60. The molecule has 29 heavy (non-hydrogen) atoms. The van der Waals surface area contributed by atoms with Gasteiger partial charge in [0.15, 0.2) is 0 Å². The molecule has 5 nitrogen and oxygen atoms in total. The Morgan fingerprint density at radius 3 is 2.66 bits per heavy atom. The lowest BCUT2D eigenvalue weighted by atomic mass is 10.1. The zero-order chi connectivity index (χ0) is 19.8. The van der Waals surface area contributed by atoms with E-state index in [1.807, 2.05) is 36.4 Å². The molecule has 1 aromatic heterocycles. The molecular formula is C24H18N2O3. The predicted molar refractivity (Wildman–Crippen MR) is 112 cm³/mol. The molecule has 0 bridgehead atoms. The largest absolute Gasteiger partial charge is 0.403 e. The monoisotopic (exact) mass is 382 g/mol. The van der Waals surface area contributed by atoms with Crippen molar-refractivity contribution in [3.05, 3.63) is 93.8 Å². The number of nitrogens with one attached hydrogen (secondary N) is 1. The molecule has 1 aliphatic rings. The Morgan fingerprint density at radius 2 is 1.72 bits per heavy atom. The second-order valence-corrected chi connectivity index (χ2v) is 7.16. The first kappa shape index (κ1) is 17.4. The van der Waals surface area contributed by atoms with Crippen LogP contribution in [0.4, 0.5) is 5.69 Å². The number of para-hydroxylation sites is 2. The van der Waals surface area contributed by atoms with Gasteiger partial charge in [0.25, 0.3) is 5.91 Å². The summed E-state index contributed by atoms with van der Waals surface area (Å²) in [6.45, 7) is 0. The Morgan fingerprint density at radius 1 is 0.931 bits per heavy atom. The third-order valence-electron chi connectivity index (χ3n) is 5.30. The van der Waals surface area contributed by atoms with Crippen molar-refractivity contribution in [3.8, 4) is 11.5 Å². The van der Waals surface area contributed by atoms with E-state index in [4.69, 9.17) is 4.42 Å². The Balaban J connectivity index is 1.52. The lowest BCUT2D eigenvalue weighted by Gasteiger charge is -2.11. The van der Waals surface area contributed by atoms with E-state index >= 15 is 0 Å². The van der Waals surface area contributed by atoms with Gasteiger partial charge in [-0.2, -0.15) is 0 Å². The van der Waals surface area contributed by atoms with E-state index in [0.29, 0.717) is 27.7 Å². The van der Waals surface area contributed by atoms with Crippen molar-refractivity contribution in [2.75, 3.05) is 5.32 Å². The standard InChI is InChI=1S/C24H18N2O3/c27-22(17-13-12-15-6-5-7-16(15)14-17)25-20-10-3-1-8-18(20)23-26-21-11-4-2-9-19(21)24(28)29-23/h1-4,8-14H,5-7H2,(H,25,27). The summed E-state index contributed by atoms with van der Waals surface area (Å²) in [6, 6.07) is 20.1. The fraction of sp³-hybridized carbons (Fsp3) is 0.125. The maximum Gasteiger partial charge on any atom is 0.347 e. The molecule has 0 radical (unpaired) electrons. The second-order valence-electron chi connectivity index (χ2n) is 7.16. The molecule has 5 rings (SSSR count). The minimum absolute atomic E-state index is 0.179. The lowest BCUT2D eigenvalue weighted by molar-refractivity contribution is 0.102. The highest BCUT2D eigenvalue weighted by molar-refractivity contribution is 6.06. The van der Waals surface area contributed by atoms with E-state index in [1.54, 1.807) is 30.3 Å². The van der Waals surface area contributed by atoms with Crippen molar-refractivity contribution in [3.63, 3.8) is 0 Å². The molecule has 0 spiro atoms. The van der Waals surface area contributed by atoms with Crippen molar-refractivity contribution >= 4 is 22.5 Å². The molecule has 0 saturated heterocycles. The number of rotatable bonds is 3. The van der Waals surface area contributed by atoms with Crippen LogP contribution in [0, 0.1) is 0 Å². The van der Waals surface area contributed by atoms with Crippen LogP contribution >= 0.6 is 0 Å². The molecule has 1 N–H and O–H groups in total. The van der Waals surface area contributed by atoms with Gasteiger partial charge in [0.2, 0.25) is 5.89 Å². The SMILES string of the molecule is O=C(Nc1ccccc1-c1nc2ccccc2c(=O)o1)c1ccc2c(c1)CCC2. The van der Waals surface area contributed by atoms with Crippen molar-refractivity contribution in [2.45, 2.75) is 19.3 Å². The Hall–Kier alpha value is -3.73. The first-order valence-corrected chi connectivity index (χ1v) is 9.61. The molecule has 142 valence electrons. The molecule has 0 saturated carbocycles. The number of nitrogens with zero attached hydrogens (tertiary/aromatic N) is 1. The summed E-state index contributed by atoms with van der Waals surface area (Å²) >= 11 is 0. The van der Waals surface area contributed by atoms with Crippen LogP contribution in [0.5, 0.6) is 0 Å². The average molecular weight is 382 g/mol. The number of anilines is 1. The number of benzene rings is 3. The van der Waals surface area contributed by atoms with Crippen LogP contribution in [0.1, 0.15) is 27.9 Å². The summed E-state index contributed by atoms with van der Waals surface area (Å²) in [5, 5.41) is 3.37. The number of aryl methyl sites for hydroxylation is 2. The van der Waals surface area contributed by atoms with Gasteiger partial charge in [-0.1, -0.05) is 30.3 Å². The first-order chi connectivity index (χ1) is 14.2. The Bertz CT molecular complexity index is 1310. The maximum absolute atomic E-state index is 12.9. The average Bonchev–Trinajstić information content (AvgIpc) is 3.22. The minimum atomic E-state index is -0.453. The molecule has 3 aromatic carbocycles. The van der Waals surface area contributed by atoms with Gasteiger partial charge >= 0.3 is 5.63 Å². The molecule has 1 aliphatic carbocycles. The van der Waals surface area contributed by atoms with Crippen LogP contribution in [-0.2, 0) is 12.8 Å². The highest BCUT2D eigenvalue weighted by atomic mass is 16.4. The summed E-state index contributed by atoms with van der Waals surface area (Å²) in [4.78, 5) is 29.7. The molecule has 4 aromatic rings. The zero-order valence-electron chi connectivity index (χ0n) is 15.6. The van der Waals surface area contributed by atoms with E-state index in [-0.39, 0.29) is 11.8 Å². The zero-order valence-corrected chi connectivity index (χ0v) is 15.6. The van der Waals surface area contributed by atoms with E-state index in [0.717, 1.165) is 19.3 Å². The van der Waals surface area contributed by atoms with Crippen LogP contribution in [0.15, 0.2) is 75.9 Å². The number of amides is 1. The smallest absolute Gasteiger partial charge is 0.347 e. The Kier molecular flexibility index (Phi) is 4.21. The van der Waals surface area contributed by atoms with Gasteiger partial charge in [0.1, 0.15) is 0 Å². The third kappa shape index (κ3) is 3.21. The molecule has 0 fully saturated rings. The number of hydrogen-bond donors (Lipinski definition) is 1. The van der Waals surface area contributed by atoms with Crippen molar-refractivity contribution in [1.29, 1.82) is 0 Å². The quantitative estimate of drug-likeness (QED) is 0.562. The summed E-state index contributed by atoms with van der Waals surface area (Å²) in [5.74, 6) is -0.0196. The minimum Gasteiger partial charge on any atom is -0.403 e. The third-order valence-corrected chi connectivity index (χ3v) is 5.30. The molecule has 0 atom stereocenters. The van der Waals surface area contributed by atoms with Gasteiger partial charge in [-0.15, -0.1) is 0 Å². The number of aromatic nitrogens is 1. The fourth-order valence-electron chi connectivity index (χ4n) is 3.82. The number of hydrogen-bond acceptors (Lipinski definition) is 4. The highest BCUT2D eigenvalue weighted by Crippen LogP contribution is 2.28. The highest BCUT2D eigenvalue weighted by Gasteiger charge is 2.17. The van der Waals surface area contributed by atoms with Crippen LogP contribution in [0.25, 0.3) is 22.4 Å². The van der Waals surface area contributed by atoms with Crippen molar-refractivity contribution < 1.29 is 9.21 Å². The lowest BCUT2D eigenvalue weighted by Crippen LogP contribution is -2.13. The van der Waals surface area contributed by atoms with Gasteiger partial charge in [-0.25, -0.2) is 9.78 Å². The van der Waals surface area contributed by atoms with E-state index in [2.05, 4.69) is 10.3 Å². The van der Waals surface area contributed by atoms with Crippen molar-refractivity contribution in [1.82, 2.24) is 4.98 Å². The molecule has 5 heteroatoms. The van der Waals surface area contributed by atoms with Crippen LogP contribution < -0.4 is 10.9 Å². The van der Waals surface area contributed by atoms with Crippen LogP contribution in [-0.4, -0.2) is 10.9 Å². The van der Waals surface area contributed by atoms with E-state index in [9.17, 15) is 9.59 Å². The van der Waals surface area contributed by atoms with Crippen LogP contribution in [0.2, 0.25) is 0 Å². The van der Waals surface area contributed by atoms with Crippen LogP contribution in [0.3, 0.4) is 0 Å². The second kappa shape index (κ2) is 7.02. The topological polar surface area (TPSA) is 72.2 Å². The van der Waals surface area contributed by atoms with Crippen molar-refractivity contribution in [2.24, 2.45) is 0 Å². The Labute approximate surface area is 167 Å². The summed E-state index contributed by atoms with van der Waals surface area (Å²) in [6.07, 6.45) is 3.22. The summed E-state index contributed by atoms with van der Waals surface area (Å²) in [5.41, 5.74) is 4.39. The summed E-state index contributed by atoms with van der Waals surface area (Å²) in [7, 11) is 0. The van der Waals surface area contributed by atoms with Gasteiger partial charge in [0, 0.05) is 5.56 Å². The molecular weight excluding hydrogens is 364 g/mol. The van der Waals surface area contributed by atoms with Gasteiger partial charge in [0.05, 0.1) is 22.2 Å². The molecule has 0 unspecified atom stereocenters. The number of fused-ring (bicyclic) bond motifs is 2. The van der Waals surface area contributed by atoms with Gasteiger partial charge < -0.3 is 9.73 Å². The van der Waals surface area contributed by atoms with E-state index in [1.165, 1.54) is 11.1 Å². The molecule has 1 heterocycles. The van der Waals surface area contributed by atoms with Gasteiger partial charge in [-0.3, -0.25) is 4.79 Å². The van der Waals surface area contributed by atoms with Gasteiger partial charge in [-0.05, 0) is 66.8 Å². The first-order valence-electron chi connectivity index (χ1n) is 9.61. The fourth-order valence-corrected chi connectivity index (χ4v) is 3.82. The maximum atomic E-state index is 12.9.